The highest BCUT2D eigenvalue weighted by molar-refractivity contribution is 5.68. The largest absolute Gasteiger partial charge is 0.444 e. The maximum absolute atomic E-state index is 12.0. The van der Waals surface area contributed by atoms with Gasteiger partial charge >= 0.3 is 6.09 Å². The van der Waals surface area contributed by atoms with E-state index in [0.717, 1.165) is 32.5 Å². The Labute approximate surface area is 115 Å². The predicted molar refractivity (Wildman–Crippen MR) is 71.1 cm³/mol. The molecule has 1 unspecified atom stereocenters. The van der Waals surface area contributed by atoms with Gasteiger partial charge < -0.3 is 19.1 Å². The molecule has 1 spiro atoms. The van der Waals surface area contributed by atoms with Crippen molar-refractivity contribution in [3.8, 4) is 0 Å². The van der Waals surface area contributed by atoms with Crippen LogP contribution in [0.25, 0.3) is 0 Å². The van der Waals surface area contributed by atoms with Crippen LogP contribution >= 0.6 is 0 Å². The van der Waals surface area contributed by atoms with Crippen molar-refractivity contribution in [2.45, 2.75) is 57.3 Å². The van der Waals surface area contributed by atoms with Crippen LogP contribution in [0.1, 0.15) is 40.0 Å². The number of likely N-dealkylation sites (N-methyl/N-ethyl adjacent to an activating group) is 1. The lowest BCUT2D eigenvalue weighted by Gasteiger charge is -2.33. The summed E-state index contributed by atoms with van der Waals surface area (Å²) in [6.45, 7) is 7.74. The van der Waals surface area contributed by atoms with E-state index < -0.39 is 5.60 Å². The monoisotopic (exact) mass is 271 g/mol. The van der Waals surface area contributed by atoms with E-state index in [-0.39, 0.29) is 17.7 Å². The summed E-state index contributed by atoms with van der Waals surface area (Å²) in [4.78, 5) is 13.7. The molecule has 2 aliphatic rings. The van der Waals surface area contributed by atoms with Crippen molar-refractivity contribution in [1.82, 2.24) is 4.90 Å². The third-order valence-electron chi connectivity index (χ3n) is 3.82. The average molecular weight is 271 g/mol. The molecule has 0 aromatic carbocycles. The van der Waals surface area contributed by atoms with Gasteiger partial charge in [0.05, 0.1) is 18.2 Å². The third-order valence-corrected chi connectivity index (χ3v) is 3.82. The van der Waals surface area contributed by atoms with E-state index in [1.54, 1.807) is 11.9 Å². The molecule has 0 aliphatic carbocycles. The molecule has 0 aromatic heterocycles. The fraction of sp³-hybridized carbons (Fsp3) is 0.929. The molecule has 2 saturated heterocycles. The maximum atomic E-state index is 12.0. The number of hydrogen-bond acceptors (Lipinski definition) is 4. The lowest BCUT2D eigenvalue weighted by atomic mass is 9.89. The van der Waals surface area contributed by atoms with Crippen LogP contribution in [0.2, 0.25) is 0 Å². The molecule has 2 aliphatic heterocycles. The first-order valence-electron chi connectivity index (χ1n) is 6.99. The van der Waals surface area contributed by atoms with Crippen molar-refractivity contribution in [1.29, 1.82) is 0 Å². The molecule has 0 N–H and O–H groups in total. The molecule has 0 saturated carbocycles. The minimum Gasteiger partial charge on any atom is -0.444 e. The zero-order valence-corrected chi connectivity index (χ0v) is 12.4. The Morgan fingerprint density at radius 3 is 2.53 bits per heavy atom. The predicted octanol–water partition coefficient (Wildman–Crippen LogP) is 2.19. The molecule has 0 radical (unpaired) electrons. The second kappa shape index (κ2) is 5.29. The lowest BCUT2D eigenvalue weighted by molar-refractivity contribution is -0.0778. The number of carbonyl (C=O) groups excluding carboxylic acids is 1. The molecular formula is C14H25NO4. The summed E-state index contributed by atoms with van der Waals surface area (Å²) in [5.41, 5.74) is -0.541. The highest BCUT2D eigenvalue weighted by Crippen LogP contribution is 2.36. The SMILES string of the molecule is CN(C(=O)OC(C)(C)C)C1COC2(CCOCC2)C1. The second-order valence-corrected chi connectivity index (χ2v) is 6.56. The number of amides is 1. The summed E-state index contributed by atoms with van der Waals surface area (Å²) in [5, 5.41) is 0. The van der Waals surface area contributed by atoms with Gasteiger partial charge in [0, 0.05) is 20.3 Å². The normalized spacial score (nSPS) is 26.4. The molecule has 5 heteroatoms. The molecule has 0 bridgehead atoms. The minimum atomic E-state index is -0.457. The zero-order valence-electron chi connectivity index (χ0n) is 12.4. The fourth-order valence-corrected chi connectivity index (χ4v) is 2.64. The van der Waals surface area contributed by atoms with Gasteiger partial charge in [-0.15, -0.1) is 0 Å². The van der Waals surface area contributed by atoms with Crippen molar-refractivity contribution >= 4 is 6.09 Å². The summed E-state index contributed by atoms with van der Waals surface area (Å²) >= 11 is 0. The summed E-state index contributed by atoms with van der Waals surface area (Å²) in [5.74, 6) is 0. The van der Waals surface area contributed by atoms with Crippen LogP contribution < -0.4 is 0 Å². The Kier molecular flexibility index (Phi) is 4.06. The zero-order chi connectivity index (χ0) is 14.1. The Morgan fingerprint density at radius 2 is 1.95 bits per heavy atom. The Morgan fingerprint density at radius 1 is 1.32 bits per heavy atom. The quantitative estimate of drug-likeness (QED) is 0.733. The van der Waals surface area contributed by atoms with Crippen molar-refractivity contribution in [2.24, 2.45) is 0 Å². The molecule has 19 heavy (non-hydrogen) atoms. The van der Waals surface area contributed by atoms with Crippen molar-refractivity contribution < 1.29 is 19.0 Å². The highest BCUT2D eigenvalue weighted by Gasteiger charge is 2.44. The lowest BCUT2D eigenvalue weighted by Crippen LogP contribution is -2.42. The van der Waals surface area contributed by atoms with Crippen molar-refractivity contribution in [2.75, 3.05) is 26.9 Å². The summed E-state index contributed by atoms with van der Waals surface area (Å²) < 4.78 is 16.7. The standard InChI is InChI=1S/C14H25NO4/c1-13(2,3)19-12(16)15(4)11-9-14(18-10-11)5-7-17-8-6-14/h11H,5-10H2,1-4H3. The Balaban J connectivity index is 1.91. The van der Waals surface area contributed by atoms with Crippen molar-refractivity contribution in [3.63, 3.8) is 0 Å². The van der Waals surface area contributed by atoms with E-state index in [2.05, 4.69) is 0 Å². The Bertz CT molecular complexity index is 331. The Hall–Kier alpha value is -0.810. The topological polar surface area (TPSA) is 48.0 Å². The number of carbonyl (C=O) groups is 1. The smallest absolute Gasteiger partial charge is 0.410 e. The van der Waals surface area contributed by atoms with Gasteiger partial charge in [-0.05, 0) is 40.0 Å². The van der Waals surface area contributed by atoms with Crippen LogP contribution in [0.3, 0.4) is 0 Å². The van der Waals surface area contributed by atoms with Gasteiger partial charge in [-0.1, -0.05) is 0 Å². The van der Waals surface area contributed by atoms with Gasteiger partial charge in [0.2, 0.25) is 0 Å². The summed E-state index contributed by atoms with van der Waals surface area (Å²) in [7, 11) is 1.79. The number of hydrogen-bond donors (Lipinski definition) is 0. The summed E-state index contributed by atoms with van der Waals surface area (Å²) in [6.07, 6.45) is 2.45. The molecule has 1 atom stereocenters. The molecule has 110 valence electrons. The average Bonchev–Trinajstić information content (AvgIpc) is 2.71. The van der Waals surface area contributed by atoms with Crippen LogP contribution in [-0.4, -0.2) is 55.1 Å². The van der Waals surface area contributed by atoms with Gasteiger partial charge in [0.1, 0.15) is 5.60 Å². The molecule has 5 nitrogen and oxygen atoms in total. The minimum absolute atomic E-state index is 0.0841. The first-order chi connectivity index (χ1) is 8.81. The third kappa shape index (κ3) is 3.60. The van der Waals surface area contributed by atoms with E-state index in [0.29, 0.717) is 6.61 Å². The van der Waals surface area contributed by atoms with E-state index in [1.807, 2.05) is 20.8 Å². The van der Waals surface area contributed by atoms with E-state index in [1.165, 1.54) is 0 Å². The van der Waals surface area contributed by atoms with Crippen molar-refractivity contribution in [3.05, 3.63) is 0 Å². The molecule has 0 aromatic rings. The first-order valence-corrected chi connectivity index (χ1v) is 6.99. The number of rotatable bonds is 1. The van der Waals surface area contributed by atoms with Crippen LogP contribution in [0.15, 0.2) is 0 Å². The van der Waals surface area contributed by atoms with Crippen LogP contribution in [-0.2, 0) is 14.2 Å². The molecule has 2 heterocycles. The van der Waals surface area contributed by atoms with Crippen LogP contribution in [0.5, 0.6) is 0 Å². The fourth-order valence-electron chi connectivity index (χ4n) is 2.64. The molecule has 2 rings (SSSR count). The van der Waals surface area contributed by atoms with Gasteiger partial charge in [-0.25, -0.2) is 4.79 Å². The van der Waals surface area contributed by atoms with Crippen LogP contribution in [0, 0.1) is 0 Å². The van der Waals surface area contributed by atoms with E-state index >= 15 is 0 Å². The number of nitrogens with zero attached hydrogens (tertiary/aromatic N) is 1. The van der Waals surface area contributed by atoms with Gasteiger partial charge in [-0.3, -0.25) is 0 Å². The first kappa shape index (κ1) is 14.6. The number of ether oxygens (including phenoxy) is 3. The molecule has 1 amide bonds. The van der Waals surface area contributed by atoms with Gasteiger partial charge in [-0.2, -0.15) is 0 Å². The van der Waals surface area contributed by atoms with Gasteiger partial charge in [0.15, 0.2) is 0 Å². The van der Waals surface area contributed by atoms with E-state index in [4.69, 9.17) is 14.2 Å². The van der Waals surface area contributed by atoms with Gasteiger partial charge in [0.25, 0.3) is 0 Å². The van der Waals surface area contributed by atoms with E-state index in [9.17, 15) is 4.79 Å². The maximum Gasteiger partial charge on any atom is 0.410 e. The molecular weight excluding hydrogens is 246 g/mol. The molecule has 2 fully saturated rings. The second-order valence-electron chi connectivity index (χ2n) is 6.56. The van der Waals surface area contributed by atoms with Crippen LogP contribution in [0.4, 0.5) is 4.79 Å². The summed E-state index contributed by atoms with van der Waals surface area (Å²) in [6, 6.07) is 0.105. The highest BCUT2D eigenvalue weighted by atomic mass is 16.6.